The second kappa shape index (κ2) is 3.92. The molecule has 0 bridgehead atoms. The molecule has 1 fully saturated rings. The molecule has 0 aromatic rings. The summed E-state index contributed by atoms with van der Waals surface area (Å²) in [5, 5.41) is -0.0207. The van der Waals surface area contributed by atoms with Gasteiger partial charge in [0.2, 0.25) is 9.84 Å². The lowest BCUT2D eigenvalue weighted by Gasteiger charge is -2.26. The van der Waals surface area contributed by atoms with Crippen molar-refractivity contribution in [1.82, 2.24) is 4.90 Å². The average molecular weight is 231 g/mol. The van der Waals surface area contributed by atoms with E-state index in [0.29, 0.717) is 19.8 Å². The summed E-state index contributed by atoms with van der Waals surface area (Å²) in [6.45, 7) is 3.05. The Bertz CT molecular complexity index is 407. The molecule has 2 aliphatic rings. The Labute approximate surface area is 88.3 Å². The summed E-state index contributed by atoms with van der Waals surface area (Å²) >= 11 is 0. The minimum Gasteiger partial charge on any atom is -0.388 e. The fourth-order valence-corrected chi connectivity index (χ4v) is 2.49. The zero-order chi connectivity index (χ0) is 10.9. The van der Waals surface area contributed by atoms with Gasteiger partial charge in [-0.1, -0.05) is 0 Å². The van der Waals surface area contributed by atoms with Gasteiger partial charge in [0.15, 0.2) is 10.1 Å². The molecular formula is C8H13N3O3S. The number of morpholine rings is 1. The number of aliphatic imine (C=N–C) groups is 1. The van der Waals surface area contributed by atoms with Gasteiger partial charge in [-0.15, -0.1) is 0 Å². The van der Waals surface area contributed by atoms with Crippen LogP contribution in [-0.4, -0.2) is 51.2 Å². The summed E-state index contributed by atoms with van der Waals surface area (Å²) < 4.78 is 28.3. The molecule has 15 heavy (non-hydrogen) atoms. The van der Waals surface area contributed by atoms with Crippen LogP contribution in [0.3, 0.4) is 0 Å². The largest absolute Gasteiger partial charge is 0.388 e. The van der Waals surface area contributed by atoms with E-state index in [-0.39, 0.29) is 10.1 Å². The molecule has 2 N–H and O–H groups in total. The Morgan fingerprint density at radius 2 is 2.13 bits per heavy atom. The van der Waals surface area contributed by atoms with Crippen LogP contribution < -0.4 is 5.73 Å². The Kier molecular flexibility index (Phi) is 2.76. The fraction of sp³-hybridized carbons (Fsp3) is 0.625. The molecule has 0 aliphatic carbocycles. The monoisotopic (exact) mass is 231 g/mol. The molecule has 2 aliphatic heterocycles. The lowest BCUT2D eigenvalue weighted by atomic mass is 10.4. The second-order valence-electron chi connectivity index (χ2n) is 3.45. The third kappa shape index (κ3) is 2.04. The van der Waals surface area contributed by atoms with Crippen molar-refractivity contribution in [3.8, 4) is 0 Å². The molecule has 0 aromatic carbocycles. The SMILES string of the molecule is NC1=CN=C(CN2CCOCC2)S1(=O)=O. The highest BCUT2D eigenvalue weighted by Gasteiger charge is 2.29. The quantitative estimate of drug-likeness (QED) is 0.652. The molecule has 1 saturated heterocycles. The van der Waals surface area contributed by atoms with Crippen molar-refractivity contribution in [2.24, 2.45) is 10.7 Å². The van der Waals surface area contributed by atoms with Crippen LogP contribution in [0.5, 0.6) is 0 Å². The van der Waals surface area contributed by atoms with Gasteiger partial charge in [-0.2, -0.15) is 0 Å². The van der Waals surface area contributed by atoms with Crippen molar-refractivity contribution >= 4 is 14.9 Å². The Balaban J connectivity index is 2.02. The van der Waals surface area contributed by atoms with Gasteiger partial charge in [0, 0.05) is 13.1 Å². The number of ether oxygens (including phenoxy) is 1. The summed E-state index contributed by atoms with van der Waals surface area (Å²) in [4.78, 5) is 5.82. The molecule has 0 amide bonds. The first-order chi connectivity index (χ1) is 7.10. The van der Waals surface area contributed by atoms with Crippen LogP contribution in [0.4, 0.5) is 0 Å². The van der Waals surface area contributed by atoms with E-state index in [2.05, 4.69) is 4.99 Å². The van der Waals surface area contributed by atoms with Crippen LogP contribution in [0, 0.1) is 0 Å². The van der Waals surface area contributed by atoms with Crippen molar-refractivity contribution in [3.05, 3.63) is 11.2 Å². The fourth-order valence-electron chi connectivity index (χ4n) is 1.49. The number of nitrogens with two attached hydrogens (primary N) is 1. The number of rotatable bonds is 2. The predicted octanol–water partition coefficient (Wildman–Crippen LogP) is -1.10. The summed E-state index contributed by atoms with van der Waals surface area (Å²) in [7, 11) is -3.46. The van der Waals surface area contributed by atoms with E-state index in [0.717, 1.165) is 13.1 Å². The molecule has 84 valence electrons. The van der Waals surface area contributed by atoms with Crippen LogP contribution in [0.15, 0.2) is 16.2 Å². The minimum absolute atomic E-state index is 0.141. The zero-order valence-electron chi connectivity index (χ0n) is 8.22. The van der Waals surface area contributed by atoms with E-state index in [1.165, 1.54) is 6.20 Å². The van der Waals surface area contributed by atoms with Gasteiger partial charge in [0.05, 0.1) is 26.0 Å². The first-order valence-corrected chi connectivity index (χ1v) is 6.16. The van der Waals surface area contributed by atoms with Crippen molar-refractivity contribution in [2.45, 2.75) is 0 Å². The number of hydrogen-bond donors (Lipinski definition) is 1. The molecule has 0 unspecified atom stereocenters. The summed E-state index contributed by atoms with van der Waals surface area (Å²) in [5.74, 6) is 0. The Hall–Kier alpha value is -0.920. The van der Waals surface area contributed by atoms with Gasteiger partial charge in [-0.3, -0.25) is 4.90 Å². The third-order valence-electron chi connectivity index (χ3n) is 2.42. The van der Waals surface area contributed by atoms with Crippen LogP contribution in [0.1, 0.15) is 0 Å². The van der Waals surface area contributed by atoms with Crippen molar-refractivity contribution in [1.29, 1.82) is 0 Å². The first-order valence-electron chi connectivity index (χ1n) is 4.68. The van der Waals surface area contributed by atoms with Crippen molar-refractivity contribution < 1.29 is 13.2 Å². The lowest BCUT2D eigenvalue weighted by molar-refractivity contribution is 0.0455. The van der Waals surface area contributed by atoms with Crippen LogP contribution in [-0.2, 0) is 14.6 Å². The highest BCUT2D eigenvalue weighted by Crippen LogP contribution is 2.13. The van der Waals surface area contributed by atoms with E-state index in [9.17, 15) is 8.42 Å². The number of nitrogens with zero attached hydrogens (tertiary/aromatic N) is 2. The smallest absolute Gasteiger partial charge is 0.237 e. The van der Waals surface area contributed by atoms with E-state index in [4.69, 9.17) is 10.5 Å². The first kappa shape index (κ1) is 10.6. The highest BCUT2D eigenvalue weighted by molar-refractivity contribution is 8.10. The zero-order valence-corrected chi connectivity index (χ0v) is 9.03. The van der Waals surface area contributed by atoms with Crippen LogP contribution >= 0.6 is 0 Å². The molecule has 2 rings (SSSR count). The average Bonchev–Trinajstić information content (AvgIpc) is 2.47. The molecule has 0 spiro atoms. The molecule has 0 aromatic heterocycles. The molecule has 0 atom stereocenters. The maximum absolute atomic E-state index is 11.6. The standard InChI is InChI=1S/C8H13N3O3S/c9-7-5-10-8(15(7,12)13)6-11-1-3-14-4-2-11/h5H,1-4,6,9H2. The van der Waals surface area contributed by atoms with E-state index >= 15 is 0 Å². The normalized spacial score (nSPS) is 26.1. The number of hydrogen-bond acceptors (Lipinski definition) is 6. The molecule has 6 nitrogen and oxygen atoms in total. The Morgan fingerprint density at radius 3 is 2.67 bits per heavy atom. The van der Waals surface area contributed by atoms with Crippen molar-refractivity contribution in [3.63, 3.8) is 0 Å². The maximum Gasteiger partial charge on any atom is 0.237 e. The van der Waals surface area contributed by atoms with E-state index in [1.54, 1.807) is 0 Å². The molecule has 2 heterocycles. The molecule has 0 radical (unpaired) electrons. The van der Waals surface area contributed by atoms with Gasteiger partial charge in [0.1, 0.15) is 0 Å². The molecule has 7 heteroatoms. The minimum atomic E-state index is -3.46. The summed E-state index contributed by atoms with van der Waals surface area (Å²) in [6.07, 6.45) is 1.20. The summed E-state index contributed by atoms with van der Waals surface area (Å²) in [6, 6.07) is 0. The van der Waals surface area contributed by atoms with Crippen LogP contribution in [0.25, 0.3) is 0 Å². The lowest BCUT2D eigenvalue weighted by Crippen LogP contribution is -2.41. The predicted molar refractivity (Wildman–Crippen MR) is 55.9 cm³/mol. The molecular weight excluding hydrogens is 218 g/mol. The topological polar surface area (TPSA) is 85.0 Å². The van der Waals surface area contributed by atoms with E-state index < -0.39 is 9.84 Å². The maximum atomic E-state index is 11.6. The number of sulfone groups is 1. The third-order valence-corrected chi connectivity index (χ3v) is 4.00. The molecule has 0 saturated carbocycles. The highest BCUT2D eigenvalue weighted by atomic mass is 32.2. The van der Waals surface area contributed by atoms with Crippen molar-refractivity contribution in [2.75, 3.05) is 32.8 Å². The van der Waals surface area contributed by atoms with Gasteiger partial charge in [-0.25, -0.2) is 13.4 Å². The summed E-state index contributed by atoms with van der Waals surface area (Å²) in [5.41, 5.74) is 5.32. The van der Waals surface area contributed by atoms with Gasteiger partial charge in [0.25, 0.3) is 0 Å². The van der Waals surface area contributed by atoms with Gasteiger partial charge >= 0.3 is 0 Å². The van der Waals surface area contributed by atoms with Crippen LogP contribution in [0.2, 0.25) is 0 Å². The van der Waals surface area contributed by atoms with Gasteiger partial charge < -0.3 is 10.5 Å². The Morgan fingerprint density at radius 1 is 1.47 bits per heavy atom. The van der Waals surface area contributed by atoms with E-state index in [1.807, 2.05) is 4.90 Å². The van der Waals surface area contributed by atoms with Gasteiger partial charge in [-0.05, 0) is 0 Å². The second-order valence-corrected chi connectivity index (χ2v) is 5.40.